The van der Waals surface area contributed by atoms with Gasteiger partial charge in [-0.2, -0.15) is 4.98 Å². The Balaban J connectivity index is 1.55. The zero-order valence-corrected chi connectivity index (χ0v) is 16.8. The van der Waals surface area contributed by atoms with Crippen molar-refractivity contribution in [1.82, 2.24) is 14.5 Å². The van der Waals surface area contributed by atoms with E-state index in [9.17, 15) is 9.59 Å². The molecule has 0 saturated carbocycles. The molecule has 0 aliphatic carbocycles. The number of rotatable bonds is 4. The predicted octanol–water partition coefficient (Wildman–Crippen LogP) is 3.04. The molecule has 1 saturated heterocycles. The number of hydrogen-bond donors (Lipinski definition) is 1. The fourth-order valence-corrected chi connectivity index (χ4v) is 4.51. The molecular formula is C20H23N5O2S. The average Bonchev–Trinajstić information content (AvgIpc) is 3.11. The van der Waals surface area contributed by atoms with Crippen LogP contribution in [0.3, 0.4) is 0 Å². The lowest BCUT2D eigenvalue weighted by atomic mass is 10.0. The van der Waals surface area contributed by atoms with Gasteiger partial charge in [0.25, 0.3) is 5.56 Å². The number of amides is 1. The Morgan fingerprint density at radius 3 is 2.96 bits per heavy atom. The Kier molecular flexibility index (Phi) is 5.13. The molecule has 1 fully saturated rings. The third kappa shape index (κ3) is 3.77. The van der Waals surface area contributed by atoms with Crippen molar-refractivity contribution in [3.8, 4) is 0 Å². The molecule has 8 heteroatoms. The van der Waals surface area contributed by atoms with Crippen LogP contribution in [0.1, 0.15) is 25.3 Å². The summed E-state index contributed by atoms with van der Waals surface area (Å²) in [5, 5.41) is 3.69. The minimum absolute atomic E-state index is 0.0793. The van der Waals surface area contributed by atoms with Crippen molar-refractivity contribution in [2.24, 2.45) is 5.92 Å². The molecule has 2 aromatic heterocycles. The number of para-hydroxylation sites is 1. The second kappa shape index (κ2) is 7.71. The first-order chi connectivity index (χ1) is 13.5. The summed E-state index contributed by atoms with van der Waals surface area (Å²) in [5.74, 6) is 0.364. The highest BCUT2D eigenvalue weighted by Gasteiger charge is 2.21. The van der Waals surface area contributed by atoms with Gasteiger partial charge >= 0.3 is 0 Å². The summed E-state index contributed by atoms with van der Waals surface area (Å²) in [5.41, 5.74) is 1.95. The van der Waals surface area contributed by atoms with Gasteiger partial charge < -0.3 is 10.2 Å². The van der Waals surface area contributed by atoms with Gasteiger partial charge in [-0.15, -0.1) is 0 Å². The van der Waals surface area contributed by atoms with Crippen molar-refractivity contribution < 1.29 is 4.79 Å². The summed E-state index contributed by atoms with van der Waals surface area (Å²) in [6, 6.07) is 7.54. The Morgan fingerprint density at radius 2 is 2.18 bits per heavy atom. The van der Waals surface area contributed by atoms with E-state index in [4.69, 9.17) is 0 Å². The van der Waals surface area contributed by atoms with Crippen LogP contribution in [-0.4, -0.2) is 33.5 Å². The van der Waals surface area contributed by atoms with Gasteiger partial charge in [-0.25, -0.2) is 4.98 Å². The first-order valence-corrected chi connectivity index (χ1v) is 10.3. The molecule has 0 bridgehead atoms. The third-order valence-electron chi connectivity index (χ3n) is 5.03. The monoisotopic (exact) mass is 397 g/mol. The van der Waals surface area contributed by atoms with E-state index in [1.54, 1.807) is 0 Å². The van der Waals surface area contributed by atoms with Crippen LogP contribution in [0.25, 0.3) is 10.3 Å². The molecule has 7 nitrogen and oxygen atoms in total. The summed E-state index contributed by atoms with van der Waals surface area (Å²) in [4.78, 5) is 36.3. The second-order valence-electron chi connectivity index (χ2n) is 7.38. The summed E-state index contributed by atoms with van der Waals surface area (Å²) in [6.45, 7) is 5.99. The topological polar surface area (TPSA) is 80.1 Å². The van der Waals surface area contributed by atoms with E-state index < -0.39 is 0 Å². The van der Waals surface area contributed by atoms with Gasteiger partial charge in [0.15, 0.2) is 10.8 Å². The molecule has 28 heavy (non-hydrogen) atoms. The molecule has 1 amide bonds. The Bertz CT molecular complexity index is 1070. The molecule has 1 N–H and O–H groups in total. The smallest absolute Gasteiger partial charge is 0.273 e. The predicted molar refractivity (Wildman–Crippen MR) is 112 cm³/mol. The van der Waals surface area contributed by atoms with Crippen molar-refractivity contribution in [3.05, 3.63) is 46.5 Å². The number of thiazole rings is 1. The number of piperidine rings is 1. The van der Waals surface area contributed by atoms with Crippen LogP contribution in [-0.2, 0) is 11.3 Å². The maximum Gasteiger partial charge on any atom is 0.273 e. The average molecular weight is 398 g/mol. The number of nitrogens with zero attached hydrogens (tertiary/aromatic N) is 4. The SMILES string of the molecule is Cc1ccccc1NC(=O)Cn1cnc2nc(N3CCCC(C)C3)sc2c1=O. The van der Waals surface area contributed by atoms with E-state index in [2.05, 4.69) is 27.1 Å². The van der Waals surface area contributed by atoms with Crippen LogP contribution in [0, 0.1) is 12.8 Å². The molecule has 1 aliphatic heterocycles. The first-order valence-electron chi connectivity index (χ1n) is 9.47. The van der Waals surface area contributed by atoms with E-state index >= 15 is 0 Å². The van der Waals surface area contributed by atoms with Gasteiger partial charge in [-0.3, -0.25) is 14.2 Å². The van der Waals surface area contributed by atoms with Gasteiger partial charge in [0.05, 0.1) is 0 Å². The molecule has 1 aliphatic rings. The van der Waals surface area contributed by atoms with Crippen LogP contribution in [0.2, 0.25) is 0 Å². The fraction of sp³-hybridized carbons (Fsp3) is 0.400. The molecule has 3 aromatic rings. The zero-order valence-electron chi connectivity index (χ0n) is 16.0. The molecule has 146 valence electrons. The molecule has 0 spiro atoms. The van der Waals surface area contributed by atoms with Gasteiger partial charge in [-0.05, 0) is 37.3 Å². The number of aromatic nitrogens is 3. The molecule has 0 radical (unpaired) electrons. The minimum Gasteiger partial charge on any atom is -0.348 e. The van der Waals surface area contributed by atoms with Crippen molar-refractivity contribution >= 4 is 38.4 Å². The number of fused-ring (bicyclic) bond motifs is 1. The van der Waals surface area contributed by atoms with E-state index in [0.29, 0.717) is 16.3 Å². The summed E-state index contributed by atoms with van der Waals surface area (Å²) < 4.78 is 1.84. The number of carbonyl (C=O) groups is 1. The lowest BCUT2D eigenvalue weighted by Gasteiger charge is -2.30. The van der Waals surface area contributed by atoms with Gasteiger partial charge in [-0.1, -0.05) is 36.5 Å². The molecule has 3 heterocycles. The quantitative estimate of drug-likeness (QED) is 0.732. The minimum atomic E-state index is -0.257. The van der Waals surface area contributed by atoms with E-state index in [1.807, 2.05) is 31.2 Å². The maximum absolute atomic E-state index is 12.8. The summed E-state index contributed by atoms with van der Waals surface area (Å²) in [6.07, 6.45) is 3.76. The fourth-order valence-electron chi connectivity index (χ4n) is 3.50. The number of benzene rings is 1. The number of carbonyl (C=O) groups excluding carboxylic acids is 1. The molecular weight excluding hydrogens is 374 g/mol. The molecule has 1 unspecified atom stereocenters. The van der Waals surface area contributed by atoms with E-state index in [0.717, 1.165) is 35.9 Å². The zero-order chi connectivity index (χ0) is 19.7. The highest BCUT2D eigenvalue weighted by molar-refractivity contribution is 7.22. The second-order valence-corrected chi connectivity index (χ2v) is 8.36. The van der Waals surface area contributed by atoms with Crippen molar-refractivity contribution in [2.45, 2.75) is 33.2 Å². The largest absolute Gasteiger partial charge is 0.348 e. The van der Waals surface area contributed by atoms with Crippen molar-refractivity contribution in [2.75, 3.05) is 23.3 Å². The van der Waals surface area contributed by atoms with E-state index in [-0.39, 0.29) is 18.0 Å². The lowest BCUT2D eigenvalue weighted by Crippen LogP contribution is -2.34. The Hall–Kier alpha value is -2.74. The van der Waals surface area contributed by atoms with Crippen molar-refractivity contribution in [1.29, 1.82) is 0 Å². The lowest BCUT2D eigenvalue weighted by molar-refractivity contribution is -0.116. The van der Waals surface area contributed by atoms with Crippen LogP contribution >= 0.6 is 11.3 Å². The van der Waals surface area contributed by atoms with E-state index in [1.165, 1.54) is 28.7 Å². The number of nitrogens with one attached hydrogen (secondary N) is 1. The first kappa shape index (κ1) is 18.6. The molecule has 1 atom stereocenters. The van der Waals surface area contributed by atoms with Gasteiger partial charge in [0.1, 0.15) is 17.6 Å². The summed E-state index contributed by atoms with van der Waals surface area (Å²) >= 11 is 1.37. The normalized spacial score (nSPS) is 17.1. The van der Waals surface area contributed by atoms with Gasteiger partial charge in [0.2, 0.25) is 5.91 Å². The van der Waals surface area contributed by atoms with Crippen LogP contribution < -0.4 is 15.8 Å². The molecule has 1 aromatic carbocycles. The third-order valence-corrected chi connectivity index (χ3v) is 6.13. The van der Waals surface area contributed by atoms with Crippen LogP contribution in [0.4, 0.5) is 10.8 Å². The van der Waals surface area contributed by atoms with Crippen molar-refractivity contribution in [3.63, 3.8) is 0 Å². The molecule has 4 rings (SSSR count). The highest BCUT2D eigenvalue weighted by atomic mass is 32.1. The Labute approximate surface area is 167 Å². The van der Waals surface area contributed by atoms with Gasteiger partial charge in [0, 0.05) is 18.8 Å². The maximum atomic E-state index is 12.8. The Morgan fingerprint density at radius 1 is 1.36 bits per heavy atom. The number of hydrogen-bond acceptors (Lipinski definition) is 6. The van der Waals surface area contributed by atoms with Crippen LogP contribution in [0.5, 0.6) is 0 Å². The summed E-state index contributed by atoms with van der Waals surface area (Å²) in [7, 11) is 0. The number of aryl methyl sites for hydroxylation is 1. The van der Waals surface area contributed by atoms with Crippen LogP contribution in [0.15, 0.2) is 35.4 Å². The number of anilines is 2. The standard InChI is InChI=1S/C20H23N5O2S/c1-13-6-5-9-24(10-13)20-23-18-17(28-20)19(27)25(12-21-18)11-16(26)22-15-8-4-3-7-14(15)2/h3-4,7-8,12-13H,5-6,9-11H2,1-2H3,(H,22,26). The highest BCUT2D eigenvalue weighted by Crippen LogP contribution is 2.29.